The summed E-state index contributed by atoms with van der Waals surface area (Å²) in [6, 6.07) is 64.2. The van der Waals surface area contributed by atoms with Crippen LogP contribution in [0.25, 0.3) is 22.3 Å². The van der Waals surface area contributed by atoms with Gasteiger partial charge >= 0.3 is 0 Å². The van der Waals surface area contributed by atoms with Crippen LogP contribution in [0.2, 0.25) is 0 Å². The van der Waals surface area contributed by atoms with Gasteiger partial charge in [0.1, 0.15) is 11.6 Å². The fourth-order valence-corrected chi connectivity index (χ4v) is 8.55. The molecule has 1 spiro atoms. The van der Waals surface area contributed by atoms with E-state index in [0.717, 1.165) is 78.6 Å². The number of anilines is 6. The fourth-order valence-electron chi connectivity index (χ4n) is 8.55. The molecular formula is C49H32F2N2. The summed E-state index contributed by atoms with van der Waals surface area (Å²) >= 11 is 0. The molecule has 53 heavy (non-hydrogen) atoms. The Kier molecular flexibility index (Phi) is 7.12. The average Bonchev–Trinajstić information content (AvgIpc) is 3.22. The zero-order chi connectivity index (χ0) is 35.5. The van der Waals surface area contributed by atoms with Crippen molar-refractivity contribution < 1.29 is 8.78 Å². The van der Waals surface area contributed by atoms with Crippen molar-refractivity contribution in [2.24, 2.45) is 0 Å². The Bertz CT molecular complexity index is 2550. The van der Waals surface area contributed by atoms with Gasteiger partial charge in [-0.05, 0) is 117 Å². The molecule has 0 aliphatic carbocycles. The second-order valence-electron chi connectivity index (χ2n) is 13.6. The van der Waals surface area contributed by atoms with Gasteiger partial charge in [-0.25, -0.2) is 8.78 Å². The van der Waals surface area contributed by atoms with Gasteiger partial charge in [0.05, 0.1) is 28.2 Å². The van der Waals surface area contributed by atoms with E-state index in [1.165, 1.54) is 12.1 Å². The van der Waals surface area contributed by atoms with E-state index in [4.69, 9.17) is 0 Å². The van der Waals surface area contributed by atoms with Gasteiger partial charge < -0.3 is 9.80 Å². The van der Waals surface area contributed by atoms with Crippen LogP contribution in [0.3, 0.4) is 0 Å². The standard InChI is InChI=1S/C49H32F2N2/c50-37-24-28-47-43(31-37)49(44-32-38(51)25-29-48(44)52(47)39-26-22-35(23-27-39)33-12-3-1-4-13-33)41-18-7-9-20-45(41)53(46-21-10-8-19-42(46)49)40-17-11-16-36(30-40)34-14-5-2-6-15-34/h1-32H. The second kappa shape index (κ2) is 12.2. The molecule has 252 valence electrons. The summed E-state index contributed by atoms with van der Waals surface area (Å²) in [7, 11) is 0. The van der Waals surface area contributed by atoms with Crippen LogP contribution < -0.4 is 9.80 Å². The Morgan fingerprint density at radius 2 is 0.736 bits per heavy atom. The molecule has 0 unspecified atom stereocenters. The molecule has 4 heteroatoms. The lowest BCUT2D eigenvalue weighted by Gasteiger charge is -2.51. The maximum Gasteiger partial charge on any atom is 0.123 e. The first-order valence-electron chi connectivity index (χ1n) is 17.8. The highest BCUT2D eigenvalue weighted by atomic mass is 19.1. The lowest BCUT2D eigenvalue weighted by atomic mass is 9.60. The van der Waals surface area contributed by atoms with E-state index in [1.807, 2.05) is 60.7 Å². The molecule has 0 saturated heterocycles. The Labute approximate surface area is 307 Å². The monoisotopic (exact) mass is 686 g/mol. The first-order valence-corrected chi connectivity index (χ1v) is 17.8. The highest BCUT2D eigenvalue weighted by Gasteiger charge is 2.52. The summed E-state index contributed by atoms with van der Waals surface area (Å²) in [6.45, 7) is 0. The van der Waals surface area contributed by atoms with Gasteiger partial charge in [0.15, 0.2) is 0 Å². The highest BCUT2D eigenvalue weighted by molar-refractivity contribution is 5.97. The number of benzene rings is 8. The molecule has 0 radical (unpaired) electrons. The largest absolute Gasteiger partial charge is 0.310 e. The van der Waals surface area contributed by atoms with Crippen molar-refractivity contribution in [3.05, 3.63) is 228 Å². The Morgan fingerprint density at radius 1 is 0.302 bits per heavy atom. The second-order valence-corrected chi connectivity index (χ2v) is 13.6. The van der Waals surface area contributed by atoms with E-state index >= 15 is 8.78 Å². The molecule has 0 atom stereocenters. The minimum Gasteiger partial charge on any atom is -0.310 e. The number of rotatable bonds is 4. The predicted octanol–water partition coefficient (Wildman–Crippen LogP) is 13.2. The lowest BCUT2D eigenvalue weighted by Crippen LogP contribution is -2.42. The van der Waals surface area contributed by atoms with Crippen molar-refractivity contribution in [2.45, 2.75) is 5.41 Å². The zero-order valence-electron chi connectivity index (χ0n) is 28.6. The van der Waals surface area contributed by atoms with Crippen molar-refractivity contribution >= 4 is 34.1 Å². The SMILES string of the molecule is Fc1ccc2c(c1)C1(c3ccccc3N(c3cccc(-c4ccccc4)c3)c3ccccc31)c1cc(F)ccc1N2c1ccc(-c2ccccc2)cc1. The number of hydrogen-bond acceptors (Lipinski definition) is 2. The molecule has 0 fully saturated rings. The first-order chi connectivity index (χ1) is 26.1. The molecule has 0 aromatic heterocycles. The summed E-state index contributed by atoms with van der Waals surface area (Å²) in [5.41, 5.74) is 12.2. The van der Waals surface area contributed by atoms with Gasteiger partial charge in [-0.1, -0.05) is 121 Å². The summed E-state index contributed by atoms with van der Waals surface area (Å²) in [5, 5.41) is 0. The third-order valence-electron chi connectivity index (χ3n) is 10.7. The summed E-state index contributed by atoms with van der Waals surface area (Å²) < 4.78 is 31.7. The highest BCUT2D eigenvalue weighted by Crippen LogP contribution is 2.64. The molecule has 0 saturated carbocycles. The topological polar surface area (TPSA) is 6.48 Å². The fraction of sp³-hybridized carbons (Fsp3) is 0.0204. The normalized spacial score (nSPS) is 13.5. The predicted molar refractivity (Wildman–Crippen MR) is 212 cm³/mol. The van der Waals surface area contributed by atoms with Crippen LogP contribution in [0.1, 0.15) is 22.3 Å². The van der Waals surface area contributed by atoms with Crippen LogP contribution in [0.5, 0.6) is 0 Å². The molecule has 8 aromatic carbocycles. The molecule has 8 aromatic rings. The number of halogens is 2. The van der Waals surface area contributed by atoms with E-state index in [-0.39, 0.29) is 11.6 Å². The summed E-state index contributed by atoms with van der Waals surface area (Å²) in [4.78, 5) is 4.43. The Hall–Kier alpha value is -6.78. The van der Waals surface area contributed by atoms with Crippen LogP contribution in [-0.2, 0) is 5.41 Å². The minimum atomic E-state index is -1.05. The number of hydrogen-bond donors (Lipinski definition) is 0. The van der Waals surface area contributed by atoms with Gasteiger partial charge in [-0.3, -0.25) is 0 Å². The minimum absolute atomic E-state index is 0.352. The van der Waals surface area contributed by atoms with E-state index in [2.05, 4.69) is 119 Å². The van der Waals surface area contributed by atoms with Crippen LogP contribution in [0.4, 0.5) is 42.9 Å². The van der Waals surface area contributed by atoms with Crippen molar-refractivity contribution in [3.8, 4) is 22.3 Å². The van der Waals surface area contributed by atoms with E-state index in [9.17, 15) is 0 Å². The molecule has 2 nitrogen and oxygen atoms in total. The van der Waals surface area contributed by atoms with Crippen LogP contribution in [0.15, 0.2) is 194 Å². The van der Waals surface area contributed by atoms with Gasteiger partial charge in [0.2, 0.25) is 0 Å². The molecule has 2 aliphatic rings. The first kappa shape index (κ1) is 31.0. The van der Waals surface area contributed by atoms with Crippen molar-refractivity contribution in [3.63, 3.8) is 0 Å². The van der Waals surface area contributed by atoms with Gasteiger partial charge in [-0.15, -0.1) is 0 Å². The smallest absolute Gasteiger partial charge is 0.123 e. The van der Waals surface area contributed by atoms with Gasteiger partial charge in [0, 0.05) is 11.4 Å². The van der Waals surface area contributed by atoms with Crippen LogP contribution in [-0.4, -0.2) is 0 Å². The van der Waals surface area contributed by atoms with Crippen molar-refractivity contribution in [2.75, 3.05) is 9.80 Å². The number of nitrogens with zero attached hydrogens (tertiary/aromatic N) is 2. The average molecular weight is 687 g/mol. The molecule has 2 aliphatic heterocycles. The van der Waals surface area contributed by atoms with Crippen LogP contribution >= 0.6 is 0 Å². The maximum atomic E-state index is 15.9. The van der Waals surface area contributed by atoms with Crippen LogP contribution in [0, 0.1) is 11.6 Å². The number of fused-ring (bicyclic) bond motifs is 8. The third-order valence-corrected chi connectivity index (χ3v) is 10.7. The quantitative estimate of drug-likeness (QED) is 0.182. The Balaban J connectivity index is 1.24. The molecule has 0 bridgehead atoms. The summed E-state index contributed by atoms with van der Waals surface area (Å²) in [6.07, 6.45) is 0. The maximum absolute atomic E-state index is 15.9. The molecule has 2 heterocycles. The molecule has 10 rings (SSSR count). The molecular weight excluding hydrogens is 655 g/mol. The van der Waals surface area contributed by atoms with Gasteiger partial charge in [0.25, 0.3) is 0 Å². The molecule has 0 amide bonds. The number of para-hydroxylation sites is 2. The van der Waals surface area contributed by atoms with E-state index < -0.39 is 5.41 Å². The van der Waals surface area contributed by atoms with Gasteiger partial charge in [-0.2, -0.15) is 0 Å². The zero-order valence-corrected chi connectivity index (χ0v) is 28.6. The van der Waals surface area contributed by atoms with E-state index in [0.29, 0.717) is 0 Å². The van der Waals surface area contributed by atoms with Crippen molar-refractivity contribution in [1.29, 1.82) is 0 Å². The molecule has 0 N–H and O–H groups in total. The Morgan fingerprint density at radius 3 is 1.30 bits per heavy atom. The third kappa shape index (κ3) is 4.76. The van der Waals surface area contributed by atoms with E-state index in [1.54, 1.807) is 12.1 Å². The summed E-state index contributed by atoms with van der Waals surface area (Å²) in [5.74, 6) is -0.703. The lowest BCUT2D eigenvalue weighted by molar-refractivity contribution is 0.608. The van der Waals surface area contributed by atoms with Crippen molar-refractivity contribution in [1.82, 2.24) is 0 Å².